The van der Waals surface area contributed by atoms with Crippen LogP contribution < -0.4 is 5.32 Å². The van der Waals surface area contributed by atoms with Crippen LogP contribution in [0.25, 0.3) is 0 Å². The Hall–Kier alpha value is -2.56. The van der Waals surface area contributed by atoms with Crippen LogP contribution >= 0.6 is 0 Å². The number of aryl methyl sites for hydroxylation is 2. The number of rotatable bonds is 7. The van der Waals surface area contributed by atoms with Crippen molar-refractivity contribution < 1.29 is 22.1 Å². The van der Waals surface area contributed by atoms with Crippen LogP contribution in [0.15, 0.2) is 23.1 Å². The second-order valence-corrected chi connectivity index (χ2v) is 7.97. The normalized spacial score (nSPS) is 13.0. The second-order valence-electron chi connectivity index (χ2n) is 6.06. The van der Waals surface area contributed by atoms with Gasteiger partial charge in [0.05, 0.1) is 21.6 Å². The molecule has 2 rings (SSSR count). The van der Waals surface area contributed by atoms with E-state index in [1.54, 1.807) is 11.7 Å². The summed E-state index contributed by atoms with van der Waals surface area (Å²) in [6.45, 7) is 5.57. The number of benzene rings is 1. The molecule has 1 aromatic heterocycles. The van der Waals surface area contributed by atoms with Crippen LogP contribution in [0.3, 0.4) is 0 Å². The van der Waals surface area contributed by atoms with Crippen LogP contribution in [-0.4, -0.2) is 28.9 Å². The maximum Gasteiger partial charge on any atom is 0.341 e. The molecule has 0 aliphatic heterocycles. The Balaban J connectivity index is 2.50. The molecule has 148 valence electrons. The van der Waals surface area contributed by atoms with Crippen LogP contribution in [0.2, 0.25) is 0 Å². The zero-order chi connectivity index (χ0) is 20.5. The lowest BCUT2D eigenvalue weighted by molar-refractivity contribution is -0.384. The number of nitrogens with one attached hydrogen (secondary N) is 1. The van der Waals surface area contributed by atoms with Gasteiger partial charge in [0.2, 0.25) is 9.84 Å². The van der Waals surface area contributed by atoms with Gasteiger partial charge in [-0.05, 0) is 32.4 Å². The minimum Gasteiger partial charge on any atom is -0.373 e. The highest BCUT2D eigenvalue weighted by Gasteiger charge is 2.30. The van der Waals surface area contributed by atoms with Gasteiger partial charge in [0.1, 0.15) is 5.69 Å². The molecule has 0 aliphatic carbocycles. The van der Waals surface area contributed by atoms with Gasteiger partial charge in [0.25, 0.3) is 5.69 Å². The number of nitro groups is 1. The average Bonchev–Trinajstić information content (AvgIpc) is 2.84. The van der Waals surface area contributed by atoms with Crippen molar-refractivity contribution in [3.63, 3.8) is 0 Å². The molecule has 1 heterocycles. The lowest BCUT2D eigenvalue weighted by Crippen LogP contribution is -2.15. The zero-order valence-electron chi connectivity index (χ0n) is 15.2. The fourth-order valence-corrected chi connectivity index (χ4v) is 3.66. The molecule has 0 saturated carbocycles. The van der Waals surface area contributed by atoms with Gasteiger partial charge >= 0.3 is 5.76 Å². The van der Waals surface area contributed by atoms with E-state index in [1.165, 1.54) is 0 Å². The Kier molecular flexibility index (Phi) is 5.83. The van der Waals surface area contributed by atoms with Crippen molar-refractivity contribution in [1.29, 1.82) is 0 Å². The van der Waals surface area contributed by atoms with Crippen molar-refractivity contribution in [3.05, 3.63) is 45.3 Å². The summed E-state index contributed by atoms with van der Waals surface area (Å²) in [6, 6.07) is 2.40. The summed E-state index contributed by atoms with van der Waals surface area (Å²) in [7, 11) is -3.14. The molecule has 1 atom stereocenters. The number of alkyl halides is 2. The van der Waals surface area contributed by atoms with Crippen LogP contribution in [0.1, 0.15) is 36.3 Å². The average molecular weight is 402 g/mol. The first kappa shape index (κ1) is 20.7. The SMILES string of the molecule is CCC(Nc1ccc(S(=O)(=O)C(F)F)cc1[N+](=O)[O-])c1c(C)nn(C)c1C. The van der Waals surface area contributed by atoms with E-state index in [9.17, 15) is 27.3 Å². The van der Waals surface area contributed by atoms with E-state index in [-0.39, 0.29) is 11.7 Å². The predicted octanol–water partition coefficient (Wildman–Crippen LogP) is 3.50. The highest BCUT2D eigenvalue weighted by molar-refractivity contribution is 7.91. The van der Waals surface area contributed by atoms with E-state index in [0.29, 0.717) is 12.5 Å². The molecule has 0 aliphatic rings. The fourth-order valence-electron chi connectivity index (χ4n) is 2.92. The number of hydrogen-bond acceptors (Lipinski definition) is 6. The van der Waals surface area contributed by atoms with E-state index < -0.39 is 31.1 Å². The van der Waals surface area contributed by atoms with Gasteiger partial charge < -0.3 is 5.32 Å². The molecule has 0 spiro atoms. The molecule has 0 bridgehead atoms. The van der Waals surface area contributed by atoms with Gasteiger partial charge in [0, 0.05) is 24.4 Å². The number of nitrogens with zero attached hydrogens (tertiary/aromatic N) is 3. The standard InChI is InChI=1S/C16H20F2N4O4S/c1-5-12(15-9(2)20-21(4)10(15)3)19-13-7-6-11(8-14(13)22(23)24)27(25,26)16(17)18/h6-8,12,16,19H,5H2,1-4H3. The monoisotopic (exact) mass is 402 g/mol. The maximum atomic E-state index is 12.7. The van der Waals surface area contributed by atoms with E-state index >= 15 is 0 Å². The van der Waals surface area contributed by atoms with Crippen molar-refractivity contribution in [3.8, 4) is 0 Å². The molecule has 0 saturated heterocycles. The van der Waals surface area contributed by atoms with E-state index in [2.05, 4.69) is 10.4 Å². The quantitative estimate of drug-likeness (QED) is 0.561. The first-order valence-electron chi connectivity index (χ1n) is 8.07. The van der Waals surface area contributed by atoms with Crippen molar-refractivity contribution in [2.45, 2.75) is 43.9 Å². The van der Waals surface area contributed by atoms with E-state index in [1.807, 2.05) is 20.8 Å². The molecule has 8 nitrogen and oxygen atoms in total. The Labute approximate surface area is 155 Å². The second kappa shape index (κ2) is 7.59. The van der Waals surface area contributed by atoms with Crippen LogP contribution in [0.5, 0.6) is 0 Å². The summed E-state index contributed by atoms with van der Waals surface area (Å²) < 4.78 is 50.4. The summed E-state index contributed by atoms with van der Waals surface area (Å²) in [6.07, 6.45) is 0.571. The summed E-state index contributed by atoms with van der Waals surface area (Å²) in [4.78, 5) is 9.78. The lowest BCUT2D eigenvalue weighted by Gasteiger charge is -2.19. The van der Waals surface area contributed by atoms with Gasteiger partial charge in [-0.2, -0.15) is 13.9 Å². The van der Waals surface area contributed by atoms with Crippen molar-refractivity contribution >= 4 is 21.2 Å². The number of hydrogen-bond donors (Lipinski definition) is 1. The summed E-state index contributed by atoms with van der Waals surface area (Å²) in [5, 5.41) is 18.7. The van der Waals surface area contributed by atoms with Crippen molar-refractivity contribution in [1.82, 2.24) is 9.78 Å². The summed E-state index contributed by atoms with van der Waals surface area (Å²) in [5.41, 5.74) is 1.97. The molecular weight excluding hydrogens is 382 g/mol. The summed E-state index contributed by atoms with van der Waals surface area (Å²) in [5.74, 6) is -3.65. The van der Waals surface area contributed by atoms with E-state index in [4.69, 9.17) is 0 Å². The number of nitro benzene ring substituents is 1. The largest absolute Gasteiger partial charge is 0.373 e. The molecule has 1 N–H and O–H groups in total. The van der Waals surface area contributed by atoms with E-state index in [0.717, 1.165) is 29.1 Å². The minimum absolute atomic E-state index is 0.0442. The molecule has 0 amide bonds. The first-order valence-corrected chi connectivity index (χ1v) is 9.62. The third-order valence-electron chi connectivity index (χ3n) is 4.38. The van der Waals surface area contributed by atoms with Gasteiger partial charge in [-0.3, -0.25) is 14.8 Å². The van der Waals surface area contributed by atoms with Crippen LogP contribution in [0.4, 0.5) is 20.2 Å². The Morgan fingerprint density at radius 2 is 1.96 bits per heavy atom. The number of aromatic nitrogens is 2. The highest BCUT2D eigenvalue weighted by atomic mass is 32.2. The van der Waals surface area contributed by atoms with Crippen molar-refractivity contribution in [2.24, 2.45) is 7.05 Å². The van der Waals surface area contributed by atoms with Gasteiger partial charge in [-0.15, -0.1) is 0 Å². The van der Waals surface area contributed by atoms with Crippen LogP contribution in [-0.2, 0) is 16.9 Å². The topological polar surface area (TPSA) is 107 Å². The Morgan fingerprint density at radius 1 is 1.33 bits per heavy atom. The molecule has 0 radical (unpaired) electrons. The van der Waals surface area contributed by atoms with Gasteiger partial charge in [-0.25, -0.2) is 8.42 Å². The lowest BCUT2D eigenvalue weighted by atomic mass is 10.0. The number of anilines is 1. The highest BCUT2D eigenvalue weighted by Crippen LogP contribution is 2.34. The summed E-state index contributed by atoms with van der Waals surface area (Å²) >= 11 is 0. The first-order chi connectivity index (χ1) is 12.5. The number of halogens is 2. The molecule has 2 aromatic rings. The minimum atomic E-state index is -4.92. The Bertz CT molecular complexity index is 973. The zero-order valence-corrected chi connectivity index (χ0v) is 16.0. The Morgan fingerprint density at radius 3 is 2.41 bits per heavy atom. The molecule has 1 aromatic carbocycles. The maximum absolute atomic E-state index is 12.7. The fraction of sp³-hybridized carbons (Fsp3) is 0.438. The molecular formula is C16H20F2N4O4S. The number of sulfone groups is 1. The van der Waals surface area contributed by atoms with Gasteiger partial charge in [-0.1, -0.05) is 6.92 Å². The van der Waals surface area contributed by atoms with Crippen LogP contribution in [0, 0.1) is 24.0 Å². The van der Waals surface area contributed by atoms with Gasteiger partial charge in [0.15, 0.2) is 0 Å². The third-order valence-corrected chi connectivity index (χ3v) is 5.76. The van der Waals surface area contributed by atoms with Crippen molar-refractivity contribution in [2.75, 3.05) is 5.32 Å². The molecule has 0 fully saturated rings. The third kappa shape index (κ3) is 3.92. The molecule has 1 unspecified atom stereocenters. The predicted molar refractivity (Wildman–Crippen MR) is 95.6 cm³/mol. The molecule has 27 heavy (non-hydrogen) atoms. The molecule has 11 heteroatoms. The smallest absolute Gasteiger partial charge is 0.341 e.